The summed E-state index contributed by atoms with van der Waals surface area (Å²) in [5, 5.41) is 12.1. The second-order valence-electron chi connectivity index (χ2n) is 7.98. The van der Waals surface area contributed by atoms with Crippen molar-refractivity contribution in [1.29, 1.82) is 0 Å². The number of nitrogens with one attached hydrogen (secondary N) is 1. The van der Waals surface area contributed by atoms with Gasteiger partial charge in [0.15, 0.2) is 0 Å². The Hall–Kier alpha value is -1.88. The number of aliphatic carboxylic acids is 1. The third-order valence-electron chi connectivity index (χ3n) is 5.43. The fourth-order valence-electron chi connectivity index (χ4n) is 3.55. The van der Waals surface area contributed by atoms with Gasteiger partial charge in [-0.3, -0.25) is 14.5 Å². The smallest absolute Gasteiger partial charge is 0.317 e. The van der Waals surface area contributed by atoms with Crippen molar-refractivity contribution >= 4 is 11.9 Å². The van der Waals surface area contributed by atoms with Gasteiger partial charge in [-0.2, -0.15) is 0 Å². The number of nitrogens with zero attached hydrogens (tertiary/aromatic N) is 1. The quantitative estimate of drug-likeness (QED) is 0.673. The number of likely N-dealkylation sites (N-methyl/N-ethyl adjacent to an activating group) is 1. The summed E-state index contributed by atoms with van der Waals surface area (Å²) in [5.74, 6) is -0.686. The van der Waals surface area contributed by atoms with Crippen molar-refractivity contribution in [2.24, 2.45) is 5.41 Å². The number of benzene rings is 1. The zero-order valence-electron chi connectivity index (χ0n) is 16.2. The van der Waals surface area contributed by atoms with Crippen molar-refractivity contribution in [3.63, 3.8) is 0 Å². The van der Waals surface area contributed by atoms with Gasteiger partial charge in [0.2, 0.25) is 5.91 Å². The number of amides is 1. The van der Waals surface area contributed by atoms with Crippen LogP contribution < -0.4 is 5.32 Å². The van der Waals surface area contributed by atoms with E-state index in [9.17, 15) is 9.59 Å². The van der Waals surface area contributed by atoms with Crippen LogP contribution in [0.4, 0.5) is 0 Å². The molecular formula is C21H32N2O3. The van der Waals surface area contributed by atoms with Crippen LogP contribution in [-0.2, 0) is 16.0 Å². The van der Waals surface area contributed by atoms with Gasteiger partial charge in [-0.05, 0) is 44.2 Å². The third kappa shape index (κ3) is 5.84. The second kappa shape index (κ2) is 9.17. The lowest BCUT2D eigenvalue weighted by molar-refractivity contribution is -0.140. The molecule has 1 saturated carbocycles. The van der Waals surface area contributed by atoms with E-state index in [0.717, 1.165) is 38.6 Å². The number of hydrogen-bond acceptors (Lipinski definition) is 3. The molecule has 5 nitrogen and oxygen atoms in total. The van der Waals surface area contributed by atoms with E-state index < -0.39 is 5.97 Å². The minimum absolute atomic E-state index is 0.0762. The van der Waals surface area contributed by atoms with E-state index in [-0.39, 0.29) is 30.0 Å². The van der Waals surface area contributed by atoms with Crippen molar-refractivity contribution in [3.05, 3.63) is 35.9 Å². The molecule has 144 valence electrons. The molecule has 0 aromatic heterocycles. The Balaban J connectivity index is 1.72. The summed E-state index contributed by atoms with van der Waals surface area (Å²) in [6.45, 7) is 6.79. The molecule has 26 heavy (non-hydrogen) atoms. The first-order chi connectivity index (χ1) is 12.3. The highest BCUT2D eigenvalue weighted by Gasteiger charge is 2.37. The fraction of sp³-hybridized carbons (Fsp3) is 0.619. The molecule has 1 aliphatic carbocycles. The van der Waals surface area contributed by atoms with E-state index >= 15 is 0 Å². The van der Waals surface area contributed by atoms with Crippen LogP contribution in [0.5, 0.6) is 0 Å². The van der Waals surface area contributed by atoms with Crippen LogP contribution in [0.25, 0.3) is 0 Å². The maximum Gasteiger partial charge on any atom is 0.317 e. The van der Waals surface area contributed by atoms with Crippen molar-refractivity contribution in [2.45, 2.75) is 65.0 Å². The van der Waals surface area contributed by atoms with Crippen molar-refractivity contribution < 1.29 is 14.7 Å². The van der Waals surface area contributed by atoms with Gasteiger partial charge in [-0.1, -0.05) is 51.1 Å². The number of aryl methyl sites for hydroxylation is 1. The van der Waals surface area contributed by atoms with Crippen LogP contribution >= 0.6 is 0 Å². The van der Waals surface area contributed by atoms with Gasteiger partial charge in [-0.25, -0.2) is 0 Å². The summed E-state index contributed by atoms with van der Waals surface area (Å²) in [4.78, 5) is 25.5. The van der Waals surface area contributed by atoms with E-state index in [2.05, 4.69) is 17.4 Å². The molecule has 0 saturated heterocycles. The lowest BCUT2D eigenvalue weighted by atomic mass is 9.82. The summed E-state index contributed by atoms with van der Waals surface area (Å²) in [6, 6.07) is 10.8. The standard InChI is InChI=1S/C21H32N2O3/c1-4-23(15-19(24)25)18-13-17(14-18)22-20(26)21(2,3)12-8-11-16-9-6-5-7-10-16/h5-7,9-10,17-18H,4,8,11-15H2,1-3H3,(H,22,26)(H,24,25). The Labute approximate surface area is 156 Å². The van der Waals surface area contributed by atoms with E-state index in [4.69, 9.17) is 5.11 Å². The van der Waals surface area contributed by atoms with Crippen LogP contribution in [0.1, 0.15) is 52.0 Å². The highest BCUT2D eigenvalue weighted by atomic mass is 16.4. The van der Waals surface area contributed by atoms with Crippen molar-refractivity contribution in [2.75, 3.05) is 13.1 Å². The second-order valence-corrected chi connectivity index (χ2v) is 7.98. The van der Waals surface area contributed by atoms with E-state index in [1.54, 1.807) is 0 Å². The number of carbonyl (C=O) groups is 2. The van der Waals surface area contributed by atoms with Crippen LogP contribution in [0.2, 0.25) is 0 Å². The first-order valence-electron chi connectivity index (χ1n) is 9.62. The Bertz CT molecular complexity index is 595. The minimum atomic E-state index is -0.793. The predicted molar refractivity (Wildman–Crippen MR) is 103 cm³/mol. The third-order valence-corrected chi connectivity index (χ3v) is 5.43. The Morgan fingerprint density at radius 2 is 1.88 bits per heavy atom. The topological polar surface area (TPSA) is 69.6 Å². The average Bonchev–Trinajstić information content (AvgIpc) is 2.56. The molecule has 2 rings (SSSR count). The van der Waals surface area contributed by atoms with Gasteiger partial charge in [0.25, 0.3) is 0 Å². The molecule has 1 aromatic carbocycles. The molecule has 1 fully saturated rings. The zero-order chi connectivity index (χ0) is 19.2. The van der Waals surface area contributed by atoms with Gasteiger partial charge in [0.1, 0.15) is 0 Å². The number of carboxylic acids is 1. The lowest BCUT2D eigenvalue weighted by Gasteiger charge is -2.43. The molecule has 0 bridgehead atoms. The molecule has 1 amide bonds. The van der Waals surface area contributed by atoms with Gasteiger partial charge in [0.05, 0.1) is 6.54 Å². The Morgan fingerprint density at radius 1 is 1.23 bits per heavy atom. The molecule has 0 unspecified atom stereocenters. The number of hydrogen-bond donors (Lipinski definition) is 2. The fourth-order valence-corrected chi connectivity index (χ4v) is 3.55. The van der Waals surface area contributed by atoms with E-state index in [1.807, 2.05) is 43.9 Å². The molecule has 0 aliphatic heterocycles. The summed E-state index contributed by atoms with van der Waals surface area (Å²) in [6.07, 6.45) is 4.51. The summed E-state index contributed by atoms with van der Waals surface area (Å²) in [5.41, 5.74) is 0.925. The maximum absolute atomic E-state index is 12.6. The first-order valence-corrected chi connectivity index (χ1v) is 9.62. The number of carboxylic acid groups (broad SMARTS) is 1. The van der Waals surface area contributed by atoms with Gasteiger partial charge >= 0.3 is 5.97 Å². The highest BCUT2D eigenvalue weighted by Crippen LogP contribution is 2.29. The van der Waals surface area contributed by atoms with Crippen molar-refractivity contribution in [3.8, 4) is 0 Å². The van der Waals surface area contributed by atoms with Gasteiger partial charge in [-0.15, -0.1) is 0 Å². The Morgan fingerprint density at radius 3 is 2.46 bits per heavy atom. The first kappa shape index (κ1) is 20.4. The molecular weight excluding hydrogens is 328 g/mol. The molecule has 0 radical (unpaired) electrons. The van der Waals surface area contributed by atoms with Crippen LogP contribution in [0.3, 0.4) is 0 Å². The number of carbonyl (C=O) groups excluding carboxylic acids is 1. The van der Waals surface area contributed by atoms with Crippen LogP contribution in [-0.4, -0.2) is 47.1 Å². The van der Waals surface area contributed by atoms with E-state index in [1.165, 1.54) is 5.56 Å². The van der Waals surface area contributed by atoms with E-state index in [0.29, 0.717) is 0 Å². The predicted octanol–water partition coefficient (Wildman–Crippen LogP) is 3.09. The van der Waals surface area contributed by atoms with Crippen LogP contribution in [0, 0.1) is 5.41 Å². The highest BCUT2D eigenvalue weighted by molar-refractivity contribution is 5.82. The summed E-state index contributed by atoms with van der Waals surface area (Å²) < 4.78 is 0. The average molecular weight is 360 g/mol. The Kier molecular flexibility index (Phi) is 7.21. The molecule has 1 aliphatic rings. The minimum Gasteiger partial charge on any atom is -0.480 e. The molecule has 0 heterocycles. The monoisotopic (exact) mass is 360 g/mol. The molecule has 2 N–H and O–H groups in total. The van der Waals surface area contributed by atoms with Gasteiger partial charge in [0, 0.05) is 17.5 Å². The molecule has 0 spiro atoms. The van der Waals surface area contributed by atoms with Gasteiger partial charge < -0.3 is 10.4 Å². The summed E-state index contributed by atoms with van der Waals surface area (Å²) in [7, 11) is 0. The normalized spacial score (nSPS) is 19.8. The van der Waals surface area contributed by atoms with Crippen molar-refractivity contribution in [1.82, 2.24) is 10.2 Å². The zero-order valence-corrected chi connectivity index (χ0v) is 16.2. The maximum atomic E-state index is 12.6. The van der Waals surface area contributed by atoms with Crippen LogP contribution in [0.15, 0.2) is 30.3 Å². The molecule has 1 aromatic rings. The lowest BCUT2D eigenvalue weighted by Crippen LogP contribution is -2.56. The largest absolute Gasteiger partial charge is 0.480 e. The molecule has 0 atom stereocenters. The summed E-state index contributed by atoms with van der Waals surface area (Å²) >= 11 is 0. The molecule has 5 heteroatoms. The SMILES string of the molecule is CCN(CC(=O)O)C1CC(NC(=O)C(C)(C)CCCc2ccccc2)C1. The number of rotatable bonds is 10.